The van der Waals surface area contributed by atoms with E-state index in [0.717, 1.165) is 25.0 Å². The number of carbonyl (C=O) groups is 2. The van der Waals surface area contributed by atoms with Crippen molar-refractivity contribution in [3.8, 4) is 5.75 Å². The van der Waals surface area contributed by atoms with E-state index in [2.05, 4.69) is 0 Å². The molecule has 4 nitrogen and oxygen atoms in total. The summed E-state index contributed by atoms with van der Waals surface area (Å²) in [6.45, 7) is 2.34. The highest BCUT2D eigenvalue weighted by Gasteiger charge is 2.05. The highest BCUT2D eigenvalue weighted by molar-refractivity contribution is 6.32. The van der Waals surface area contributed by atoms with Crippen molar-refractivity contribution >= 4 is 23.5 Å². The second kappa shape index (κ2) is 8.32. The maximum atomic E-state index is 11.4. The first kappa shape index (κ1) is 15.2. The lowest BCUT2D eigenvalue weighted by Gasteiger charge is -2.02. The normalized spacial score (nSPS) is 10.4. The van der Waals surface area contributed by atoms with E-state index < -0.39 is 11.9 Å². The third kappa shape index (κ3) is 6.06. The molecule has 0 N–H and O–H groups in total. The number of hydrogen-bond donors (Lipinski definition) is 0. The molecule has 1 rings (SSSR count). The first-order valence-electron chi connectivity index (χ1n) is 5.94. The molecule has 0 aromatic heterocycles. The monoisotopic (exact) mass is 282 g/mol. The molecule has 1 aromatic carbocycles. The summed E-state index contributed by atoms with van der Waals surface area (Å²) in [4.78, 5) is 22.6. The fourth-order valence-corrected chi connectivity index (χ4v) is 1.35. The van der Waals surface area contributed by atoms with Crippen LogP contribution in [0.2, 0.25) is 5.02 Å². The molecule has 0 atom stereocenters. The summed E-state index contributed by atoms with van der Waals surface area (Å²) >= 11 is 5.82. The van der Waals surface area contributed by atoms with E-state index in [-0.39, 0.29) is 5.75 Å². The lowest BCUT2D eigenvalue weighted by Crippen LogP contribution is -2.07. The van der Waals surface area contributed by atoms with Gasteiger partial charge in [-0.25, -0.2) is 9.59 Å². The van der Waals surface area contributed by atoms with Crippen LogP contribution in [0, 0.1) is 0 Å². The smallest absolute Gasteiger partial charge is 0.336 e. The molecule has 0 saturated carbocycles. The standard InChI is InChI=1S/C14H15ClO4/c1-2-3-10-18-13(16)8-9-14(17)19-12-7-5-4-6-11(12)15/h4-9H,2-3,10H2,1H3/b9-8+. The van der Waals surface area contributed by atoms with Crippen molar-refractivity contribution in [2.24, 2.45) is 0 Å². The molecule has 0 spiro atoms. The number of rotatable bonds is 6. The van der Waals surface area contributed by atoms with Gasteiger partial charge in [0.05, 0.1) is 11.6 Å². The first-order chi connectivity index (χ1) is 9.13. The Morgan fingerprint density at radius 2 is 1.89 bits per heavy atom. The number of ether oxygens (including phenoxy) is 2. The highest BCUT2D eigenvalue weighted by Crippen LogP contribution is 2.23. The minimum atomic E-state index is -0.680. The quantitative estimate of drug-likeness (QED) is 0.348. The maximum Gasteiger partial charge on any atom is 0.336 e. The Labute approximate surface area is 117 Å². The van der Waals surface area contributed by atoms with Crippen molar-refractivity contribution in [1.29, 1.82) is 0 Å². The van der Waals surface area contributed by atoms with Crippen LogP contribution in [0.5, 0.6) is 5.75 Å². The largest absolute Gasteiger partial charge is 0.463 e. The summed E-state index contributed by atoms with van der Waals surface area (Å²) in [5.41, 5.74) is 0. The number of esters is 2. The summed E-state index contributed by atoms with van der Waals surface area (Å²) in [6, 6.07) is 6.58. The van der Waals surface area contributed by atoms with Gasteiger partial charge in [0.1, 0.15) is 5.75 Å². The summed E-state index contributed by atoms with van der Waals surface area (Å²) in [6.07, 6.45) is 3.78. The maximum absolute atomic E-state index is 11.4. The van der Waals surface area contributed by atoms with Crippen molar-refractivity contribution in [3.05, 3.63) is 41.4 Å². The van der Waals surface area contributed by atoms with Gasteiger partial charge in [-0.05, 0) is 18.6 Å². The third-order valence-electron chi connectivity index (χ3n) is 2.14. The van der Waals surface area contributed by atoms with Gasteiger partial charge >= 0.3 is 11.9 Å². The second-order valence-electron chi connectivity index (χ2n) is 3.71. The molecule has 0 aliphatic heterocycles. The Kier molecular flexibility index (Phi) is 6.68. The van der Waals surface area contributed by atoms with Gasteiger partial charge < -0.3 is 9.47 Å². The minimum absolute atomic E-state index is 0.248. The van der Waals surface area contributed by atoms with Crippen molar-refractivity contribution in [3.63, 3.8) is 0 Å². The van der Waals surface area contributed by atoms with E-state index in [1.54, 1.807) is 24.3 Å². The van der Waals surface area contributed by atoms with Crippen molar-refractivity contribution < 1.29 is 19.1 Å². The summed E-state index contributed by atoms with van der Waals surface area (Å²) in [5.74, 6) is -0.997. The molecular formula is C14H15ClO4. The molecule has 0 unspecified atom stereocenters. The number of hydrogen-bond acceptors (Lipinski definition) is 4. The zero-order valence-corrected chi connectivity index (χ0v) is 11.4. The molecule has 0 bridgehead atoms. The molecule has 19 heavy (non-hydrogen) atoms. The lowest BCUT2D eigenvalue weighted by atomic mass is 10.3. The Balaban J connectivity index is 2.43. The first-order valence-corrected chi connectivity index (χ1v) is 6.32. The molecule has 1 aromatic rings. The van der Waals surface area contributed by atoms with Crippen LogP contribution < -0.4 is 4.74 Å². The van der Waals surface area contributed by atoms with E-state index in [1.165, 1.54) is 0 Å². The molecule has 0 heterocycles. The van der Waals surface area contributed by atoms with Gasteiger partial charge in [0.15, 0.2) is 0 Å². The Bertz CT molecular complexity index is 468. The number of para-hydroxylation sites is 1. The SMILES string of the molecule is CCCCOC(=O)/C=C/C(=O)Oc1ccccc1Cl. The van der Waals surface area contributed by atoms with Gasteiger partial charge in [-0.2, -0.15) is 0 Å². The van der Waals surface area contributed by atoms with Gasteiger partial charge in [0.25, 0.3) is 0 Å². The molecule has 102 valence electrons. The van der Waals surface area contributed by atoms with Crippen LogP contribution in [-0.2, 0) is 14.3 Å². The predicted octanol–water partition coefficient (Wildman–Crippen LogP) is 3.14. The van der Waals surface area contributed by atoms with Crippen molar-refractivity contribution in [1.82, 2.24) is 0 Å². The van der Waals surface area contributed by atoms with Crippen LogP contribution in [0.3, 0.4) is 0 Å². The Hall–Kier alpha value is -1.81. The Morgan fingerprint density at radius 3 is 2.58 bits per heavy atom. The number of carbonyl (C=O) groups excluding carboxylic acids is 2. The van der Waals surface area contributed by atoms with Crippen LogP contribution in [0.1, 0.15) is 19.8 Å². The summed E-state index contributed by atoms with van der Waals surface area (Å²) < 4.78 is 9.80. The fraction of sp³-hybridized carbons (Fsp3) is 0.286. The topological polar surface area (TPSA) is 52.6 Å². The van der Waals surface area contributed by atoms with Crippen molar-refractivity contribution in [2.45, 2.75) is 19.8 Å². The predicted molar refractivity (Wildman–Crippen MR) is 72.1 cm³/mol. The van der Waals surface area contributed by atoms with E-state index in [9.17, 15) is 9.59 Å². The van der Waals surface area contributed by atoms with E-state index in [0.29, 0.717) is 11.6 Å². The molecule has 0 aliphatic carbocycles. The summed E-state index contributed by atoms with van der Waals surface area (Å²) in [7, 11) is 0. The van der Waals surface area contributed by atoms with Gasteiger partial charge in [-0.15, -0.1) is 0 Å². The van der Waals surface area contributed by atoms with E-state index >= 15 is 0 Å². The highest BCUT2D eigenvalue weighted by atomic mass is 35.5. The van der Waals surface area contributed by atoms with Crippen LogP contribution in [-0.4, -0.2) is 18.5 Å². The zero-order valence-electron chi connectivity index (χ0n) is 10.6. The summed E-state index contributed by atoms with van der Waals surface area (Å²) in [5, 5.41) is 0.328. The molecule has 0 aliphatic rings. The van der Waals surface area contributed by atoms with E-state index in [1.807, 2.05) is 6.92 Å². The van der Waals surface area contributed by atoms with Crippen LogP contribution >= 0.6 is 11.6 Å². The lowest BCUT2D eigenvalue weighted by molar-refractivity contribution is -0.138. The zero-order chi connectivity index (χ0) is 14.1. The fourth-order valence-electron chi connectivity index (χ4n) is 1.17. The van der Waals surface area contributed by atoms with Gasteiger partial charge in [-0.1, -0.05) is 37.1 Å². The van der Waals surface area contributed by atoms with E-state index in [4.69, 9.17) is 21.1 Å². The van der Waals surface area contributed by atoms with Crippen LogP contribution in [0.4, 0.5) is 0 Å². The second-order valence-corrected chi connectivity index (χ2v) is 4.11. The molecule has 0 amide bonds. The third-order valence-corrected chi connectivity index (χ3v) is 2.46. The van der Waals surface area contributed by atoms with Gasteiger partial charge in [-0.3, -0.25) is 0 Å². The molecule has 5 heteroatoms. The minimum Gasteiger partial charge on any atom is -0.463 e. The number of benzene rings is 1. The molecule has 0 saturated heterocycles. The number of unbranched alkanes of at least 4 members (excludes halogenated alkanes) is 1. The van der Waals surface area contributed by atoms with Gasteiger partial charge in [0.2, 0.25) is 0 Å². The van der Waals surface area contributed by atoms with Crippen LogP contribution in [0.15, 0.2) is 36.4 Å². The molecular weight excluding hydrogens is 268 g/mol. The Morgan fingerprint density at radius 1 is 1.21 bits per heavy atom. The average Bonchev–Trinajstić information content (AvgIpc) is 2.39. The van der Waals surface area contributed by atoms with Crippen LogP contribution in [0.25, 0.3) is 0 Å². The van der Waals surface area contributed by atoms with Gasteiger partial charge in [0, 0.05) is 12.2 Å². The molecule has 0 fully saturated rings. The number of halogens is 1. The average molecular weight is 283 g/mol. The molecule has 0 radical (unpaired) electrons. The van der Waals surface area contributed by atoms with Crippen molar-refractivity contribution in [2.75, 3.05) is 6.61 Å².